The molecular formula is C32H52ClF3N8O5. The van der Waals surface area contributed by atoms with Crippen LogP contribution in [0.4, 0.5) is 13.2 Å². The highest BCUT2D eigenvalue weighted by Crippen LogP contribution is 2.39. The van der Waals surface area contributed by atoms with Crippen LogP contribution in [0.5, 0.6) is 0 Å². The Hall–Kier alpha value is -1.89. The summed E-state index contributed by atoms with van der Waals surface area (Å²) in [6.07, 6.45) is -1.52. The van der Waals surface area contributed by atoms with Gasteiger partial charge in [0, 0.05) is 70.7 Å². The quantitative estimate of drug-likeness (QED) is 0.133. The fourth-order valence-electron chi connectivity index (χ4n) is 8.09. The SMILES string of the molecule is CCC1C(N2CCN(C(=O)C3NCNC(C)C3O)CC2)C(=O)C2NCC(/C=C\COC)NC2N1CC(=O)NC1CCC(C(F)(F)F)CC1Cl. The number of rotatable bonds is 9. The lowest BCUT2D eigenvalue weighted by Crippen LogP contribution is -2.79. The highest BCUT2D eigenvalue weighted by Gasteiger charge is 2.53. The van der Waals surface area contributed by atoms with Gasteiger partial charge < -0.3 is 25.4 Å². The Morgan fingerprint density at radius 3 is 2.53 bits per heavy atom. The summed E-state index contributed by atoms with van der Waals surface area (Å²) in [5.74, 6) is -2.00. The molecule has 4 aliphatic heterocycles. The fraction of sp³-hybridized carbons (Fsp3) is 0.844. The van der Waals surface area contributed by atoms with E-state index in [2.05, 4.69) is 31.5 Å². The number of ketones is 1. The summed E-state index contributed by atoms with van der Waals surface area (Å²) in [7, 11) is 1.60. The number of piperidine rings is 1. The molecule has 13 nitrogen and oxygen atoms in total. The van der Waals surface area contributed by atoms with Crippen LogP contribution in [0.25, 0.3) is 0 Å². The molecule has 0 aromatic carbocycles. The summed E-state index contributed by atoms with van der Waals surface area (Å²) < 4.78 is 45.2. The first-order chi connectivity index (χ1) is 23.3. The number of amides is 2. The zero-order valence-electron chi connectivity index (χ0n) is 28.4. The highest BCUT2D eigenvalue weighted by molar-refractivity contribution is 6.21. The number of hydrogen-bond donors (Lipinski definition) is 6. The Balaban J connectivity index is 1.30. The van der Waals surface area contributed by atoms with Crippen molar-refractivity contribution in [2.24, 2.45) is 5.92 Å². The molecule has 0 radical (unpaired) electrons. The number of halogens is 4. The van der Waals surface area contributed by atoms with Gasteiger partial charge in [-0.25, -0.2) is 0 Å². The number of carbonyl (C=O) groups excluding carboxylic acids is 3. The zero-order valence-corrected chi connectivity index (χ0v) is 29.2. The molecule has 1 saturated carbocycles. The molecular weight excluding hydrogens is 669 g/mol. The van der Waals surface area contributed by atoms with Crippen LogP contribution >= 0.6 is 11.6 Å². The number of nitrogens with zero attached hydrogens (tertiary/aromatic N) is 3. The predicted molar refractivity (Wildman–Crippen MR) is 177 cm³/mol. The van der Waals surface area contributed by atoms with Gasteiger partial charge in [-0.3, -0.25) is 40.1 Å². The van der Waals surface area contributed by atoms with Crippen molar-refractivity contribution in [1.29, 1.82) is 0 Å². The van der Waals surface area contributed by atoms with Gasteiger partial charge in [0.25, 0.3) is 0 Å². The maximum atomic E-state index is 14.3. The number of aliphatic hydroxyl groups excluding tert-OH is 1. The third-order valence-electron chi connectivity index (χ3n) is 10.8. The minimum atomic E-state index is -4.32. The van der Waals surface area contributed by atoms with Crippen molar-refractivity contribution < 1.29 is 37.4 Å². The number of Topliss-reactive ketones (excluding diaryl/α,β-unsaturated/α-hetero) is 1. The van der Waals surface area contributed by atoms with Gasteiger partial charge in [-0.05, 0) is 32.6 Å². The molecule has 0 spiro atoms. The molecule has 5 aliphatic rings. The van der Waals surface area contributed by atoms with Gasteiger partial charge in [0.2, 0.25) is 11.8 Å². The summed E-state index contributed by atoms with van der Waals surface area (Å²) in [5.41, 5.74) is 0. The third-order valence-corrected chi connectivity index (χ3v) is 11.3. The minimum absolute atomic E-state index is 0.00988. The number of hydrogen-bond acceptors (Lipinski definition) is 11. The van der Waals surface area contributed by atoms with Crippen molar-refractivity contribution in [2.75, 3.05) is 59.7 Å². The summed E-state index contributed by atoms with van der Waals surface area (Å²) in [6.45, 7) is 6.71. The number of aliphatic hydroxyl groups is 1. The number of carbonyl (C=O) groups is 3. The number of fused-ring (bicyclic) bond motifs is 1. The molecule has 0 aromatic heterocycles. The van der Waals surface area contributed by atoms with Gasteiger partial charge >= 0.3 is 6.18 Å². The second-order valence-corrected chi connectivity index (χ2v) is 14.5. The minimum Gasteiger partial charge on any atom is -0.389 e. The summed E-state index contributed by atoms with van der Waals surface area (Å²) in [5, 5.41) is 25.8. The maximum absolute atomic E-state index is 14.3. The number of ether oxygens (including phenoxy) is 1. The summed E-state index contributed by atoms with van der Waals surface area (Å²) in [4.78, 5) is 47.1. The molecule has 5 fully saturated rings. The van der Waals surface area contributed by atoms with E-state index in [1.165, 1.54) is 0 Å². The van der Waals surface area contributed by atoms with Gasteiger partial charge in [0.05, 0.1) is 48.8 Å². The smallest absolute Gasteiger partial charge is 0.389 e. The van der Waals surface area contributed by atoms with Crippen LogP contribution < -0.4 is 26.6 Å². The first-order valence-corrected chi connectivity index (χ1v) is 17.9. The monoisotopic (exact) mass is 720 g/mol. The zero-order chi connectivity index (χ0) is 35.5. The van der Waals surface area contributed by atoms with E-state index in [1.54, 1.807) is 12.0 Å². The highest BCUT2D eigenvalue weighted by atomic mass is 35.5. The Kier molecular flexibility index (Phi) is 13.0. The largest absolute Gasteiger partial charge is 0.391 e. The molecule has 2 amide bonds. The van der Waals surface area contributed by atoms with E-state index < -0.39 is 53.9 Å². The van der Waals surface area contributed by atoms with Crippen molar-refractivity contribution in [1.82, 2.24) is 41.3 Å². The number of piperazine rings is 2. The lowest BCUT2D eigenvalue weighted by atomic mass is 9.84. The van der Waals surface area contributed by atoms with Crippen LogP contribution in [0.1, 0.15) is 39.5 Å². The molecule has 6 N–H and O–H groups in total. The lowest BCUT2D eigenvalue weighted by molar-refractivity contribution is -0.182. The van der Waals surface area contributed by atoms with Crippen LogP contribution in [0.2, 0.25) is 0 Å². The number of likely N-dealkylation sites (tertiary alicyclic amines) is 1. The van der Waals surface area contributed by atoms with Crippen LogP contribution in [-0.2, 0) is 19.1 Å². The normalized spacial score (nSPS) is 38.4. The number of nitrogens with one attached hydrogen (secondary N) is 5. The standard InChI is InChI=1S/C32H52ClF3N8O5/c1-4-23-27(42-9-11-43(12-10-42)31(48)26-28(46)18(2)38-17-39-26)29(47)25-30(40-20(15-37-25)6-5-13-49-3)44(23)16-24(45)41-22-8-7-19(14-21(22)33)32(34,35)36/h5-6,18-23,25-28,30,37-40,46H,4,7-17H2,1-3H3,(H,41,45)/b6-5-. The van der Waals surface area contributed by atoms with E-state index in [0.29, 0.717) is 52.4 Å². The van der Waals surface area contributed by atoms with Crippen LogP contribution in [0.15, 0.2) is 12.2 Å². The van der Waals surface area contributed by atoms with E-state index in [4.69, 9.17) is 16.3 Å². The predicted octanol–water partition coefficient (Wildman–Crippen LogP) is -0.656. The third kappa shape index (κ3) is 8.78. The first kappa shape index (κ1) is 38.3. The second kappa shape index (κ2) is 16.6. The summed E-state index contributed by atoms with van der Waals surface area (Å²) in [6, 6.07) is -3.20. The molecule has 11 atom stereocenters. The Labute approximate surface area is 291 Å². The lowest BCUT2D eigenvalue weighted by Gasteiger charge is -2.55. The Morgan fingerprint density at radius 1 is 1.14 bits per heavy atom. The van der Waals surface area contributed by atoms with E-state index in [0.717, 1.165) is 0 Å². The second-order valence-electron chi connectivity index (χ2n) is 13.9. The van der Waals surface area contributed by atoms with Crippen molar-refractivity contribution in [2.45, 2.75) is 106 Å². The Bertz CT molecular complexity index is 1190. The van der Waals surface area contributed by atoms with E-state index in [-0.39, 0.29) is 61.5 Å². The van der Waals surface area contributed by atoms with Gasteiger partial charge in [0.15, 0.2) is 5.78 Å². The molecule has 1 aliphatic carbocycles. The molecule has 49 heavy (non-hydrogen) atoms. The van der Waals surface area contributed by atoms with Gasteiger partial charge in [-0.2, -0.15) is 13.2 Å². The van der Waals surface area contributed by atoms with Gasteiger partial charge in [-0.15, -0.1) is 11.6 Å². The molecule has 0 aromatic rings. The maximum Gasteiger partial charge on any atom is 0.391 e. The van der Waals surface area contributed by atoms with Gasteiger partial charge in [-0.1, -0.05) is 19.1 Å². The molecule has 5 rings (SSSR count). The van der Waals surface area contributed by atoms with Gasteiger partial charge in [0.1, 0.15) is 6.04 Å². The topological polar surface area (TPSA) is 151 Å². The number of alkyl halides is 4. The molecule has 0 bridgehead atoms. The first-order valence-electron chi connectivity index (χ1n) is 17.5. The fourth-order valence-corrected chi connectivity index (χ4v) is 8.49. The van der Waals surface area contributed by atoms with Crippen LogP contribution in [0.3, 0.4) is 0 Å². The molecule has 4 heterocycles. The van der Waals surface area contributed by atoms with Crippen molar-refractivity contribution >= 4 is 29.2 Å². The van der Waals surface area contributed by atoms with Crippen LogP contribution in [-0.4, -0.2) is 163 Å². The molecule has 4 saturated heterocycles. The average Bonchev–Trinajstić information content (AvgIpc) is 3.07. The van der Waals surface area contributed by atoms with Crippen molar-refractivity contribution in [3.63, 3.8) is 0 Å². The number of methoxy groups -OCH3 is 1. The van der Waals surface area contributed by atoms with Crippen molar-refractivity contribution in [3.05, 3.63) is 12.2 Å². The van der Waals surface area contributed by atoms with Crippen LogP contribution in [0, 0.1) is 5.92 Å². The van der Waals surface area contributed by atoms with E-state index in [1.807, 2.05) is 30.9 Å². The molecule has 278 valence electrons. The van der Waals surface area contributed by atoms with Crippen molar-refractivity contribution in [3.8, 4) is 0 Å². The van der Waals surface area contributed by atoms with E-state index in [9.17, 15) is 32.7 Å². The summed E-state index contributed by atoms with van der Waals surface area (Å²) >= 11 is 6.39. The Morgan fingerprint density at radius 2 is 1.88 bits per heavy atom. The molecule has 17 heteroatoms. The molecule has 11 unspecified atom stereocenters. The average molecular weight is 721 g/mol. The van der Waals surface area contributed by atoms with E-state index >= 15 is 0 Å².